The van der Waals surface area contributed by atoms with Crippen molar-refractivity contribution in [3.63, 3.8) is 0 Å². The van der Waals surface area contributed by atoms with Crippen LogP contribution in [0.4, 0.5) is 5.82 Å². The van der Waals surface area contributed by atoms with Crippen LogP contribution in [0.15, 0.2) is 22.8 Å². The van der Waals surface area contributed by atoms with Crippen molar-refractivity contribution in [2.75, 3.05) is 5.32 Å². The zero-order chi connectivity index (χ0) is 12.4. The summed E-state index contributed by atoms with van der Waals surface area (Å²) in [6.07, 6.45) is 0. The van der Waals surface area contributed by atoms with Crippen molar-refractivity contribution in [3.05, 3.63) is 37.8 Å². The molecule has 0 fully saturated rings. The van der Waals surface area contributed by atoms with E-state index in [9.17, 15) is 0 Å². The highest BCUT2D eigenvalue weighted by Gasteiger charge is 2.09. The van der Waals surface area contributed by atoms with Crippen LogP contribution in [0, 0.1) is 6.92 Å². The lowest BCUT2D eigenvalue weighted by atomic mass is 10.3. The van der Waals surface area contributed by atoms with E-state index in [2.05, 4.69) is 38.1 Å². The lowest BCUT2D eigenvalue weighted by Gasteiger charge is -2.13. The molecular formula is C11H11BrClN3S. The quantitative estimate of drug-likeness (QED) is 0.845. The molecule has 0 aliphatic heterocycles. The van der Waals surface area contributed by atoms with Gasteiger partial charge in [0.15, 0.2) is 0 Å². The van der Waals surface area contributed by atoms with Crippen molar-refractivity contribution >= 4 is 44.7 Å². The fourth-order valence-electron chi connectivity index (χ4n) is 1.46. The fraction of sp³-hybridized carbons (Fsp3) is 0.273. The number of hydrogen-bond donors (Lipinski definition) is 1. The van der Waals surface area contributed by atoms with Crippen LogP contribution in [-0.2, 0) is 0 Å². The molecule has 0 aliphatic rings. The van der Waals surface area contributed by atoms with Crippen molar-refractivity contribution in [3.8, 4) is 0 Å². The normalized spacial score (nSPS) is 12.5. The van der Waals surface area contributed by atoms with Gasteiger partial charge >= 0.3 is 0 Å². The molecule has 3 nitrogen and oxygen atoms in total. The summed E-state index contributed by atoms with van der Waals surface area (Å²) in [5, 5.41) is 3.32. The molecule has 17 heavy (non-hydrogen) atoms. The smallest absolute Gasteiger partial charge is 0.131 e. The maximum Gasteiger partial charge on any atom is 0.131 e. The van der Waals surface area contributed by atoms with Gasteiger partial charge in [0.25, 0.3) is 0 Å². The van der Waals surface area contributed by atoms with Gasteiger partial charge in [-0.05, 0) is 41.9 Å². The van der Waals surface area contributed by atoms with E-state index in [0.29, 0.717) is 0 Å². The van der Waals surface area contributed by atoms with E-state index in [-0.39, 0.29) is 6.04 Å². The predicted molar refractivity (Wildman–Crippen MR) is 75.8 cm³/mol. The molecule has 2 aromatic heterocycles. The van der Waals surface area contributed by atoms with Crippen molar-refractivity contribution in [1.82, 2.24) is 9.97 Å². The molecule has 0 aromatic carbocycles. The monoisotopic (exact) mass is 331 g/mol. The van der Waals surface area contributed by atoms with Gasteiger partial charge in [-0.15, -0.1) is 11.3 Å². The summed E-state index contributed by atoms with van der Waals surface area (Å²) in [6.45, 7) is 3.94. The van der Waals surface area contributed by atoms with E-state index in [4.69, 9.17) is 11.6 Å². The molecule has 1 N–H and O–H groups in total. The van der Waals surface area contributed by atoms with Crippen LogP contribution in [0.1, 0.15) is 23.7 Å². The predicted octanol–water partition coefficient (Wildman–Crippen LogP) is 4.44. The summed E-state index contributed by atoms with van der Waals surface area (Å²) in [5.74, 6) is 1.54. The first-order valence-electron chi connectivity index (χ1n) is 5.07. The Balaban J connectivity index is 2.15. The molecule has 0 aliphatic carbocycles. The lowest BCUT2D eigenvalue weighted by Crippen LogP contribution is -2.07. The van der Waals surface area contributed by atoms with Crippen molar-refractivity contribution in [1.29, 1.82) is 0 Å². The number of hydrogen-bond acceptors (Lipinski definition) is 4. The third-order valence-electron chi connectivity index (χ3n) is 2.19. The van der Waals surface area contributed by atoms with Gasteiger partial charge in [-0.2, -0.15) is 0 Å². The Bertz CT molecular complexity index is 509. The highest BCUT2D eigenvalue weighted by atomic mass is 79.9. The maximum absolute atomic E-state index is 5.92. The second-order valence-electron chi connectivity index (χ2n) is 3.63. The van der Waals surface area contributed by atoms with Crippen LogP contribution in [-0.4, -0.2) is 9.97 Å². The molecule has 0 saturated carbocycles. The van der Waals surface area contributed by atoms with E-state index in [1.165, 1.54) is 4.88 Å². The SMILES string of the molecule is Cc1nc(Br)cc(NC(C)c2ccc(Cl)s2)n1. The van der Waals surface area contributed by atoms with E-state index < -0.39 is 0 Å². The maximum atomic E-state index is 5.92. The molecule has 0 bridgehead atoms. The molecule has 2 heterocycles. The number of nitrogens with one attached hydrogen (secondary N) is 1. The highest BCUT2D eigenvalue weighted by Crippen LogP contribution is 2.28. The number of rotatable bonds is 3. The largest absolute Gasteiger partial charge is 0.363 e. The number of thiophene rings is 1. The summed E-state index contributed by atoms with van der Waals surface area (Å²) in [4.78, 5) is 9.67. The second-order valence-corrected chi connectivity index (χ2v) is 6.19. The third kappa shape index (κ3) is 3.40. The Morgan fingerprint density at radius 1 is 1.41 bits per heavy atom. The Morgan fingerprint density at radius 2 is 2.18 bits per heavy atom. The summed E-state index contributed by atoms with van der Waals surface area (Å²) in [7, 11) is 0. The Labute approximate surface area is 117 Å². The van der Waals surface area contributed by atoms with Crippen molar-refractivity contribution < 1.29 is 0 Å². The topological polar surface area (TPSA) is 37.8 Å². The lowest BCUT2D eigenvalue weighted by molar-refractivity contribution is 0.884. The minimum atomic E-state index is 0.175. The molecule has 0 spiro atoms. The Kier molecular flexibility index (Phi) is 4.01. The standard InChI is InChI=1S/C11H11BrClN3S/c1-6(8-3-4-10(13)17-8)14-11-5-9(12)15-7(2)16-11/h3-6H,1-2H3,(H,14,15,16). The minimum Gasteiger partial charge on any atom is -0.363 e. The molecule has 6 heteroatoms. The van der Waals surface area contributed by atoms with E-state index in [0.717, 1.165) is 20.6 Å². The summed E-state index contributed by atoms with van der Waals surface area (Å²) >= 11 is 10.8. The zero-order valence-corrected chi connectivity index (χ0v) is 12.5. The Morgan fingerprint density at radius 3 is 2.76 bits per heavy atom. The van der Waals surface area contributed by atoms with Gasteiger partial charge in [0.2, 0.25) is 0 Å². The minimum absolute atomic E-state index is 0.175. The molecule has 2 rings (SSSR count). The van der Waals surface area contributed by atoms with Crippen LogP contribution in [0.3, 0.4) is 0 Å². The van der Waals surface area contributed by atoms with Crippen LogP contribution < -0.4 is 5.32 Å². The first-order chi connectivity index (χ1) is 8.04. The van der Waals surface area contributed by atoms with Gasteiger partial charge in [-0.1, -0.05) is 11.6 Å². The average Bonchev–Trinajstić information content (AvgIpc) is 2.63. The second kappa shape index (κ2) is 5.33. The average molecular weight is 333 g/mol. The first-order valence-corrected chi connectivity index (χ1v) is 7.06. The van der Waals surface area contributed by atoms with Gasteiger partial charge in [-0.3, -0.25) is 0 Å². The van der Waals surface area contributed by atoms with Gasteiger partial charge in [0.05, 0.1) is 10.4 Å². The van der Waals surface area contributed by atoms with E-state index in [1.54, 1.807) is 11.3 Å². The molecule has 90 valence electrons. The summed E-state index contributed by atoms with van der Waals surface area (Å²) < 4.78 is 1.58. The number of nitrogens with zero attached hydrogens (tertiary/aromatic N) is 2. The number of anilines is 1. The molecule has 1 atom stereocenters. The van der Waals surface area contributed by atoms with Crippen LogP contribution in [0.2, 0.25) is 4.34 Å². The zero-order valence-electron chi connectivity index (χ0n) is 9.37. The number of aromatic nitrogens is 2. The molecule has 0 saturated heterocycles. The first kappa shape index (κ1) is 12.8. The van der Waals surface area contributed by atoms with Crippen molar-refractivity contribution in [2.24, 2.45) is 0 Å². The van der Waals surface area contributed by atoms with Gasteiger partial charge in [-0.25, -0.2) is 9.97 Å². The van der Waals surface area contributed by atoms with Gasteiger partial charge in [0, 0.05) is 10.9 Å². The molecule has 0 amide bonds. The van der Waals surface area contributed by atoms with E-state index in [1.807, 2.05) is 25.1 Å². The van der Waals surface area contributed by atoms with Crippen molar-refractivity contribution in [2.45, 2.75) is 19.9 Å². The third-order valence-corrected chi connectivity index (χ3v) is 4.01. The number of halogens is 2. The van der Waals surface area contributed by atoms with Gasteiger partial charge in [0.1, 0.15) is 16.2 Å². The van der Waals surface area contributed by atoms with Crippen LogP contribution >= 0.6 is 38.9 Å². The molecule has 0 radical (unpaired) electrons. The van der Waals surface area contributed by atoms with E-state index >= 15 is 0 Å². The van der Waals surface area contributed by atoms with Crippen LogP contribution in [0.25, 0.3) is 0 Å². The molecule has 2 aromatic rings. The van der Waals surface area contributed by atoms with Crippen LogP contribution in [0.5, 0.6) is 0 Å². The van der Waals surface area contributed by atoms with Gasteiger partial charge < -0.3 is 5.32 Å². The highest BCUT2D eigenvalue weighted by molar-refractivity contribution is 9.10. The Hall–Kier alpha value is -0.650. The number of aryl methyl sites for hydroxylation is 1. The summed E-state index contributed by atoms with van der Waals surface area (Å²) in [6, 6.07) is 5.96. The fourth-order valence-corrected chi connectivity index (χ4v) is 3.00. The molecular weight excluding hydrogens is 322 g/mol. The molecule has 1 unspecified atom stereocenters. The summed E-state index contributed by atoms with van der Waals surface area (Å²) in [5.41, 5.74) is 0.